The number of ether oxygens (including phenoxy) is 1. The minimum atomic E-state index is -1.03. The Balaban J connectivity index is 2.36. The van der Waals surface area contributed by atoms with Gasteiger partial charge >= 0.3 is 0 Å². The molecule has 0 saturated heterocycles. The molecule has 0 radical (unpaired) electrons. The SMILES string of the molecule is CC(c1nnn(COCC[Si](C)(C)C)n1)[C@H](C)N. The van der Waals surface area contributed by atoms with E-state index in [9.17, 15) is 0 Å². The summed E-state index contributed by atoms with van der Waals surface area (Å²) in [6, 6.07) is 1.17. The zero-order chi connectivity index (χ0) is 13.8. The Morgan fingerprint density at radius 2 is 2.00 bits per heavy atom. The fraction of sp³-hybridized carbons (Fsp3) is 0.909. The number of aromatic nitrogens is 4. The monoisotopic (exact) mass is 271 g/mol. The van der Waals surface area contributed by atoms with Crippen LogP contribution in [-0.4, -0.2) is 40.9 Å². The van der Waals surface area contributed by atoms with Gasteiger partial charge in [-0.1, -0.05) is 26.6 Å². The van der Waals surface area contributed by atoms with Crippen LogP contribution in [0.25, 0.3) is 0 Å². The molecule has 0 amide bonds. The third-order valence-electron chi connectivity index (χ3n) is 2.87. The predicted octanol–water partition coefficient (Wildman–Crippen LogP) is 1.44. The standard InChI is InChI=1S/C11H25N5OSi/c1-9(10(2)12)11-13-15-16(14-11)8-17-6-7-18(3,4)5/h9-10H,6-8,12H2,1-5H3/t9?,10-/m0/s1. The van der Waals surface area contributed by atoms with E-state index in [4.69, 9.17) is 10.5 Å². The van der Waals surface area contributed by atoms with Crippen molar-refractivity contribution in [2.24, 2.45) is 5.73 Å². The van der Waals surface area contributed by atoms with E-state index in [1.54, 1.807) is 0 Å². The molecule has 18 heavy (non-hydrogen) atoms. The third kappa shape index (κ3) is 5.24. The molecule has 0 aliphatic carbocycles. The van der Waals surface area contributed by atoms with Gasteiger partial charge in [0.25, 0.3) is 0 Å². The van der Waals surface area contributed by atoms with Gasteiger partial charge in [0.2, 0.25) is 0 Å². The maximum atomic E-state index is 5.80. The van der Waals surface area contributed by atoms with Gasteiger partial charge in [-0.25, -0.2) is 0 Å². The van der Waals surface area contributed by atoms with E-state index in [1.165, 1.54) is 4.80 Å². The lowest BCUT2D eigenvalue weighted by molar-refractivity contribution is 0.0671. The van der Waals surface area contributed by atoms with Crippen molar-refractivity contribution in [1.29, 1.82) is 0 Å². The summed E-state index contributed by atoms with van der Waals surface area (Å²) >= 11 is 0. The number of hydrogen-bond donors (Lipinski definition) is 1. The summed E-state index contributed by atoms with van der Waals surface area (Å²) in [6.45, 7) is 12.0. The Labute approximate surface area is 110 Å². The second kappa shape index (κ2) is 6.40. The molecule has 0 bridgehead atoms. The normalized spacial score (nSPS) is 15.7. The highest BCUT2D eigenvalue weighted by molar-refractivity contribution is 6.76. The van der Waals surface area contributed by atoms with Crippen molar-refractivity contribution in [3.05, 3.63) is 5.82 Å². The van der Waals surface area contributed by atoms with E-state index in [0.29, 0.717) is 12.6 Å². The van der Waals surface area contributed by atoms with Crippen LogP contribution in [0.1, 0.15) is 25.6 Å². The molecular formula is C11H25N5OSi. The lowest BCUT2D eigenvalue weighted by atomic mass is 10.0. The highest BCUT2D eigenvalue weighted by Crippen LogP contribution is 2.11. The fourth-order valence-corrected chi connectivity index (χ4v) is 2.01. The van der Waals surface area contributed by atoms with Crippen molar-refractivity contribution < 1.29 is 4.74 Å². The van der Waals surface area contributed by atoms with E-state index in [0.717, 1.165) is 12.7 Å². The second-order valence-electron chi connectivity index (χ2n) is 6.02. The van der Waals surface area contributed by atoms with Gasteiger partial charge in [0.15, 0.2) is 12.6 Å². The lowest BCUT2D eigenvalue weighted by Crippen LogP contribution is -2.23. The summed E-state index contributed by atoms with van der Waals surface area (Å²) in [6.07, 6.45) is 0. The maximum absolute atomic E-state index is 5.80. The molecule has 0 spiro atoms. The van der Waals surface area contributed by atoms with Crippen LogP contribution >= 0.6 is 0 Å². The molecule has 104 valence electrons. The molecule has 1 heterocycles. The van der Waals surface area contributed by atoms with Crippen LogP contribution in [0.15, 0.2) is 0 Å². The molecule has 7 heteroatoms. The molecule has 0 aliphatic rings. The van der Waals surface area contributed by atoms with Gasteiger partial charge in [0.1, 0.15) is 0 Å². The summed E-state index contributed by atoms with van der Waals surface area (Å²) in [5.74, 6) is 0.791. The van der Waals surface area contributed by atoms with Crippen molar-refractivity contribution >= 4 is 8.07 Å². The minimum absolute atomic E-state index is 0.0236. The molecule has 0 fully saturated rings. The smallest absolute Gasteiger partial charge is 0.179 e. The quantitative estimate of drug-likeness (QED) is 0.599. The Morgan fingerprint density at radius 1 is 1.33 bits per heavy atom. The molecule has 2 N–H and O–H groups in total. The van der Waals surface area contributed by atoms with Crippen molar-refractivity contribution in [3.8, 4) is 0 Å². The van der Waals surface area contributed by atoms with E-state index < -0.39 is 8.07 Å². The summed E-state index contributed by atoms with van der Waals surface area (Å²) in [4.78, 5) is 1.48. The van der Waals surface area contributed by atoms with Crippen LogP contribution in [0.5, 0.6) is 0 Å². The molecule has 1 aromatic rings. The average Bonchev–Trinajstić information content (AvgIpc) is 2.70. The van der Waals surface area contributed by atoms with E-state index in [2.05, 4.69) is 35.1 Å². The first kappa shape index (κ1) is 15.3. The molecule has 2 atom stereocenters. The highest BCUT2D eigenvalue weighted by Gasteiger charge is 2.16. The molecule has 0 aromatic carbocycles. The van der Waals surface area contributed by atoms with Crippen LogP contribution in [0, 0.1) is 0 Å². The Hall–Kier alpha value is -0.793. The van der Waals surface area contributed by atoms with E-state index in [1.807, 2.05) is 13.8 Å². The van der Waals surface area contributed by atoms with E-state index >= 15 is 0 Å². The topological polar surface area (TPSA) is 78.8 Å². The summed E-state index contributed by atoms with van der Waals surface area (Å²) < 4.78 is 5.55. The second-order valence-corrected chi connectivity index (χ2v) is 11.6. The third-order valence-corrected chi connectivity index (χ3v) is 4.57. The molecule has 1 unspecified atom stereocenters. The van der Waals surface area contributed by atoms with Gasteiger partial charge in [-0.2, -0.15) is 0 Å². The molecule has 6 nitrogen and oxygen atoms in total. The largest absolute Gasteiger partial charge is 0.358 e. The van der Waals surface area contributed by atoms with Crippen LogP contribution in [0.2, 0.25) is 25.7 Å². The predicted molar refractivity (Wildman–Crippen MR) is 74.0 cm³/mol. The first-order chi connectivity index (χ1) is 8.29. The Bertz CT molecular complexity index is 361. The number of nitrogens with zero attached hydrogens (tertiary/aromatic N) is 4. The van der Waals surface area contributed by atoms with Gasteiger partial charge in [0, 0.05) is 26.6 Å². The lowest BCUT2D eigenvalue weighted by Gasteiger charge is -2.14. The van der Waals surface area contributed by atoms with Gasteiger partial charge < -0.3 is 10.5 Å². The van der Waals surface area contributed by atoms with Gasteiger partial charge in [-0.05, 0) is 18.2 Å². The van der Waals surface area contributed by atoms with Crippen LogP contribution in [0.4, 0.5) is 0 Å². The molecule has 0 saturated carbocycles. The van der Waals surface area contributed by atoms with Gasteiger partial charge in [0.05, 0.1) is 0 Å². The summed E-state index contributed by atoms with van der Waals surface area (Å²) in [7, 11) is -1.03. The van der Waals surface area contributed by atoms with Gasteiger partial charge in [-0.15, -0.1) is 15.0 Å². The summed E-state index contributed by atoms with van der Waals surface area (Å²) in [5, 5.41) is 12.2. The molecule has 1 aromatic heterocycles. The van der Waals surface area contributed by atoms with Crippen molar-refractivity contribution in [2.75, 3.05) is 6.61 Å². The Kier molecular flexibility index (Phi) is 5.42. The molecule has 0 aliphatic heterocycles. The minimum Gasteiger partial charge on any atom is -0.358 e. The van der Waals surface area contributed by atoms with Crippen molar-refractivity contribution in [1.82, 2.24) is 20.2 Å². The maximum Gasteiger partial charge on any atom is 0.179 e. The van der Waals surface area contributed by atoms with Crippen molar-refractivity contribution in [3.63, 3.8) is 0 Å². The van der Waals surface area contributed by atoms with Crippen LogP contribution in [0.3, 0.4) is 0 Å². The molecule has 1 rings (SSSR count). The number of nitrogens with two attached hydrogens (primary N) is 1. The number of rotatable bonds is 7. The fourth-order valence-electron chi connectivity index (χ4n) is 1.25. The van der Waals surface area contributed by atoms with Gasteiger partial charge in [-0.3, -0.25) is 0 Å². The number of hydrogen-bond acceptors (Lipinski definition) is 5. The first-order valence-electron chi connectivity index (χ1n) is 6.40. The number of tetrazole rings is 1. The highest BCUT2D eigenvalue weighted by atomic mass is 28.3. The summed E-state index contributed by atoms with van der Waals surface area (Å²) in [5.41, 5.74) is 5.80. The van der Waals surface area contributed by atoms with Crippen LogP contribution < -0.4 is 5.73 Å². The zero-order valence-corrected chi connectivity index (χ0v) is 13.1. The first-order valence-corrected chi connectivity index (χ1v) is 10.1. The Morgan fingerprint density at radius 3 is 2.56 bits per heavy atom. The zero-order valence-electron chi connectivity index (χ0n) is 12.1. The van der Waals surface area contributed by atoms with Crippen molar-refractivity contribution in [2.45, 2.75) is 58.2 Å². The average molecular weight is 271 g/mol. The molecular weight excluding hydrogens is 246 g/mol. The van der Waals surface area contributed by atoms with Crippen LogP contribution in [-0.2, 0) is 11.5 Å². The van der Waals surface area contributed by atoms with E-state index in [-0.39, 0.29) is 12.0 Å².